The summed E-state index contributed by atoms with van der Waals surface area (Å²) in [4.78, 5) is 13.5. The van der Waals surface area contributed by atoms with E-state index in [1.165, 1.54) is 11.8 Å². The third-order valence-electron chi connectivity index (χ3n) is 4.48. The molecule has 0 spiro atoms. The minimum Gasteiger partial charge on any atom is -0.396 e. The molecule has 0 bridgehead atoms. The van der Waals surface area contributed by atoms with Crippen LogP contribution in [0, 0.1) is 17.8 Å². The Balaban J connectivity index is 2.04. The van der Waals surface area contributed by atoms with Gasteiger partial charge in [0.1, 0.15) is 5.60 Å². The molecule has 116 valence electrons. The lowest BCUT2D eigenvalue weighted by Crippen LogP contribution is -2.55. The SMILES string of the molecule is CC(O)(C(=O)N1CCC(C(F)(F)F)C(CO)C1)C1CC1. The van der Waals surface area contributed by atoms with E-state index in [9.17, 15) is 23.1 Å². The highest BCUT2D eigenvalue weighted by molar-refractivity contribution is 5.85. The topological polar surface area (TPSA) is 60.8 Å². The van der Waals surface area contributed by atoms with Gasteiger partial charge in [0.25, 0.3) is 5.91 Å². The molecule has 0 aromatic rings. The van der Waals surface area contributed by atoms with Crippen molar-refractivity contribution in [2.45, 2.75) is 38.0 Å². The standard InChI is InChI=1S/C13H20F3NO3/c1-12(20,9-2-3-9)11(19)17-5-4-10(13(14,15)16)8(6-17)7-18/h8-10,18,20H,2-7H2,1H3. The van der Waals surface area contributed by atoms with Gasteiger partial charge in [0.15, 0.2) is 0 Å². The van der Waals surface area contributed by atoms with E-state index >= 15 is 0 Å². The molecule has 1 heterocycles. The van der Waals surface area contributed by atoms with E-state index in [0.717, 1.165) is 12.8 Å². The van der Waals surface area contributed by atoms with Crippen molar-refractivity contribution < 1.29 is 28.2 Å². The molecular formula is C13H20F3NO3. The third kappa shape index (κ3) is 2.93. The Hall–Kier alpha value is -0.820. The van der Waals surface area contributed by atoms with Crippen LogP contribution in [0.5, 0.6) is 0 Å². The fourth-order valence-electron chi connectivity index (χ4n) is 2.97. The van der Waals surface area contributed by atoms with E-state index in [-0.39, 0.29) is 25.4 Å². The minimum absolute atomic E-state index is 0.0254. The summed E-state index contributed by atoms with van der Waals surface area (Å²) in [5.74, 6) is -3.20. The lowest BCUT2D eigenvalue weighted by Gasteiger charge is -2.41. The van der Waals surface area contributed by atoms with Crippen molar-refractivity contribution in [3.63, 3.8) is 0 Å². The molecule has 1 saturated carbocycles. The van der Waals surface area contributed by atoms with Gasteiger partial charge in [0.2, 0.25) is 0 Å². The first-order valence-corrected chi connectivity index (χ1v) is 6.87. The van der Waals surface area contributed by atoms with Gasteiger partial charge in [-0.2, -0.15) is 13.2 Å². The molecule has 2 rings (SSSR count). The van der Waals surface area contributed by atoms with Crippen molar-refractivity contribution in [2.24, 2.45) is 17.8 Å². The van der Waals surface area contributed by atoms with Crippen LogP contribution in [0.3, 0.4) is 0 Å². The Morgan fingerprint density at radius 2 is 1.90 bits per heavy atom. The van der Waals surface area contributed by atoms with Crippen molar-refractivity contribution in [1.82, 2.24) is 4.90 Å². The number of aliphatic hydroxyl groups is 2. The predicted octanol–water partition coefficient (Wildman–Crippen LogP) is 1.17. The van der Waals surface area contributed by atoms with Crippen LogP contribution in [0.1, 0.15) is 26.2 Å². The van der Waals surface area contributed by atoms with Gasteiger partial charge in [-0.15, -0.1) is 0 Å². The Bertz CT molecular complexity index is 380. The number of halogens is 3. The van der Waals surface area contributed by atoms with E-state index in [4.69, 9.17) is 5.11 Å². The molecule has 0 aromatic heterocycles. The Kier molecular flexibility index (Phi) is 4.03. The maximum atomic E-state index is 12.8. The van der Waals surface area contributed by atoms with Gasteiger partial charge >= 0.3 is 6.18 Å². The highest BCUT2D eigenvalue weighted by atomic mass is 19.4. The number of aliphatic hydroxyl groups excluding tert-OH is 1. The van der Waals surface area contributed by atoms with Crippen LogP contribution >= 0.6 is 0 Å². The maximum absolute atomic E-state index is 12.8. The lowest BCUT2D eigenvalue weighted by molar-refractivity contribution is -0.207. The molecule has 2 N–H and O–H groups in total. The number of nitrogens with zero attached hydrogens (tertiary/aromatic N) is 1. The molecule has 2 aliphatic rings. The smallest absolute Gasteiger partial charge is 0.392 e. The molecule has 1 amide bonds. The summed E-state index contributed by atoms with van der Waals surface area (Å²) in [5, 5.41) is 19.3. The quantitative estimate of drug-likeness (QED) is 0.821. The fourth-order valence-corrected chi connectivity index (χ4v) is 2.97. The average molecular weight is 295 g/mol. The van der Waals surface area contributed by atoms with Crippen molar-refractivity contribution in [3.05, 3.63) is 0 Å². The Morgan fingerprint density at radius 3 is 2.35 bits per heavy atom. The van der Waals surface area contributed by atoms with Gasteiger partial charge in [0, 0.05) is 25.6 Å². The highest BCUT2D eigenvalue weighted by Crippen LogP contribution is 2.42. The molecular weight excluding hydrogens is 275 g/mol. The van der Waals surface area contributed by atoms with Crippen LogP contribution in [0.25, 0.3) is 0 Å². The van der Waals surface area contributed by atoms with Crippen LogP contribution in [-0.4, -0.2) is 52.5 Å². The van der Waals surface area contributed by atoms with Gasteiger partial charge in [-0.1, -0.05) is 0 Å². The summed E-state index contributed by atoms with van der Waals surface area (Å²) in [7, 11) is 0. The Morgan fingerprint density at radius 1 is 1.30 bits per heavy atom. The number of likely N-dealkylation sites (tertiary alicyclic amines) is 1. The zero-order valence-corrected chi connectivity index (χ0v) is 11.4. The number of piperidine rings is 1. The largest absolute Gasteiger partial charge is 0.396 e. The zero-order valence-electron chi connectivity index (χ0n) is 11.4. The molecule has 3 unspecified atom stereocenters. The van der Waals surface area contributed by atoms with Gasteiger partial charge in [-0.05, 0) is 32.1 Å². The average Bonchev–Trinajstić information content (AvgIpc) is 3.20. The van der Waals surface area contributed by atoms with E-state index < -0.39 is 36.1 Å². The molecule has 3 atom stereocenters. The van der Waals surface area contributed by atoms with Crippen molar-refractivity contribution in [2.75, 3.05) is 19.7 Å². The number of hydrogen-bond donors (Lipinski definition) is 2. The number of rotatable bonds is 3. The summed E-state index contributed by atoms with van der Waals surface area (Å²) < 4.78 is 38.4. The first-order valence-electron chi connectivity index (χ1n) is 6.87. The molecule has 0 radical (unpaired) electrons. The maximum Gasteiger partial charge on any atom is 0.392 e. The van der Waals surface area contributed by atoms with Gasteiger partial charge < -0.3 is 15.1 Å². The molecule has 4 nitrogen and oxygen atoms in total. The highest BCUT2D eigenvalue weighted by Gasteiger charge is 2.51. The molecule has 7 heteroatoms. The van der Waals surface area contributed by atoms with E-state index in [1.54, 1.807) is 0 Å². The van der Waals surface area contributed by atoms with E-state index in [0.29, 0.717) is 0 Å². The molecule has 0 aromatic carbocycles. The minimum atomic E-state index is -4.36. The number of amides is 1. The van der Waals surface area contributed by atoms with Crippen molar-refractivity contribution in [3.8, 4) is 0 Å². The number of carbonyl (C=O) groups excluding carboxylic acids is 1. The summed E-state index contributed by atoms with van der Waals surface area (Å²) in [5.41, 5.74) is -1.49. The summed E-state index contributed by atoms with van der Waals surface area (Å²) >= 11 is 0. The molecule has 1 aliphatic carbocycles. The lowest BCUT2D eigenvalue weighted by atomic mass is 9.84. The van der Waals surface area contributed by atoms with Crippen LogP contribution in [0.2, 0.25) is 0 Å². The van der Waals surface area contributed by atoms with Gasteiger partial charge in [-0.25, -0.2) is 0 Å². The number of carbonyl (C=O) groups is 1. The van der Waals surface area contributed by atoms with Crippen LogP contribution in [-0.2, 0) is 4.79 Å². The normalized spacial score (nSPS) is 31.0. The number of alkyl halides is 3. The monoisotopic (exact) mass is 295 g/mol. The molecule has 2 fully saturated rings. The predicted molar refractivity (Wildman–Crippen MR) is 64.7 cm³/mol. The summed E-state index contributed by atoms with van der Waals surface area (Å²) in [6.45, 7) is 0.640. The van der Waals surface area contributed by atoms with Gasteiger partial charge in [0.05, 0.1) is 5.92 Å². The van der Waals surface area contributed by atoms with E-state index in [2.05, 4.69) is 0 Å². The third-order valence-corrected chi connectivity index (χ3v) is 4.48. The molecule has 20 heavy (non-hydrogen) atoms. The second-order valence-electron chi connectivity index (χ2n) is 6.05. The molecule has 1 saturated heterocycles. The fraction of sp³-hybridized carbons (Fsp3) is 0.923. The van der Waals surface area contributed by atoms with Crippen LogP contribution in [0.15, 0.2) is 0 Å². The molecule has 1 aliphatic heterocycles. The van der Waals surface area contributed by atoms with Crippen molar-refractivity contribution >= 4 is 5.91 Å². The van der Waals surface area contributed by atoms with Crippen LogP contribution in [0.4, 0.5) is 13.2 Å². The van der Waals surface area contributed by atoms with E-state index in [1.807, 2.05) is 0 Å². The zero-order chi connectivity index (χ0) is 15.1. The van der Waals surface area contributed by atoms with Crippen LogP contribution < -0.4 is 0 Å². The second kappa shape index (κ2) is 5.18. The van der Waals surface area contributed by atoms with Crippen molar-refractivity contribution in [1.29, 1.82) is 0 Å². The van der Waals surface area contributed by atoms with Gasteiger partial charge in [-0.3, -0.25) is 4.79 Å². The summed E-state index contributed by atoms with van der Waals surface area (Å²) in [6.07, 6.45) is -3.05. The second-order valence-corrected chi connectivity index (χ2v) is 6.05. The Labute approximate surface area is 115 Å². The summed E-state index contributed by atoms with van der Waals surface area (Å²) in [6, 6.07) is 0. The number of hydrogen-bond acceptors (Lipinski definition) is 3. The first-order chi connectivity index (χ1) is 9.17. The first kappa shape index (κ1) is 15.6.